The summed E-state index contributed by atoms with van der Waals surface area (Å²) in [6, 6.07) is -0.00726. The molecule has 7 nitrogen and oxygen atoms in total. The standard InChI is InChI=1S/C10H19N5O2/c1-8(7-17-3)14(2)10(16)9-6-15(5-4-11)13-12-9/h6,8H,4-5,7,11H2,1-3H3. The Labute approximate surface area is 101 Å². The van der Waals surface area contributed by atoms with Crippen molar-refractivity contribution in [2.24, 2.45) is 5.73 Å². The van der Waals surface area contributed by atoms with Gasteiger partial charge in [0.25, 0.3) is 5.91 Å². The number of rotatable bonds is 6. The van der Waals surface area contributed by atoms with E-state index < -0.39 is 0 Å². The third kappa shape index (κ3) is 3.50. The van der Waals surface area contributed by atoms with Gasteiger partial charge in [0.1, 0.15) is 0 Å². The summed E-state index contributed by atoms with van der Waals surface area (Å²) in [6.07, 6.45) is 1.60. The summed E-state index contributed by atoms with van der Waals surface area (Å²) in [5.74, 6) is -0.169. The van der Waals surface area contributed by atoms with Gasteiger partial charge in [0.15, 0.2) is 5.69 Å². The Morgan fingerprint density at radius 3 is 3.00 bits per heavy atom. The van der Waals surface area contributed by atoms with Gasteiger partial charge in [0, 0.05) is 20.7 Å². The first kappa shape index (κ1) is 13.6. The van der Waals surface area contributed by atoms with Gasteiger partial charge in [-0.15, -0.1) is 5.10 Å². The number of amides is 1. The van der Waals surface area contributed by atoms with E-state index in [4.69, 9.17) is 10.5 Å². The normalized spacial score (nSPS) is 12.5. The van der Waals surface area contributed by atoms with Crippen LogP contribution in [0.5, 0.6) is 0 Å². The van der Waals surface area contributed by atoms with Gasteiger partial charge in [-0.3, -0.25) is 9.48 Å². The lowest BCUT2D eigenvalue weighted by molar-refractivity contribution is 0.0628. The summed E-state index contributed by atoms with van der Waals surface area (Å²) in [7, 11) is 3.32. The largest absolute Gasteiger partial charge is 0.383 e. The average Bonchev–Trinajstić information content (AvgIpc) is 2.76. The van der Waals surface area contributed by atoms with E-state index in [1.54, 1.807) is 29.9 Å². The second-order valence-electron chi connectivity index (χ2n) is 3.88. The van der Waals surface area contributed by atoms with Gasteiger partial charge >= 0.3 is 0 Å². The Morgan fingerprint density at radius 1 is 1.71 bits per heavy atom. The summed E-state index contributed by atoms with van der Waals surface area (Å²) in [5, 5.41) is 7.65. The smallest absolute Gasteiger partial charge is 0.276 e. The first-order valence-electron chi connectivity index (χ1n) is 5.46. The topological polar surface area (TPSA) is 86.3 Å². The molecule has 0 aliphatic carbocycles. The predicted molar refractivity (Wildman–Crippen MR) is 62.5 cm³/mol. The van der Waals surface area contributed by atoms with Gasteiger partial charge < -0.3 is 15.4 Å². The van der Waals surface area contributed by atoms with Crippen LogP contribution in [0.3, 0.4) is 0 Å². The van der Waals surface area contributed by atoms with Crippen LogP contribution in [-0.4, -0.2) is 59.2 Å². The molecule has 17 heavy (non-hydrogen) atoms. The van der Waals surface area contributed by atoms with Gasteiger partial charge in [-0.05, 0) is 6.92 Å². The van der Waals surface area contributed by atoms with E-state index in [0.717, 1.165) is 0 Å². The van der Waals surface area contributed by atoms with Crippen LogP contribution in [0.15, 0.2) is 6.20 Å². The zero-order chi connectivity index (χ0) is 12.8. The molecule has 1 unspecified atom stereocenters. The minimum absolute atomic E-state index is 0.00726. The van der Waals surface area contributed by atoms with Gasteiger partial charge in [-0.25, -0.2) is 0 Å². The van der Waals surface area contributed by atoms with Crippen LogP contribution in [0.1, 0.15) is 17.4 Å². The quantitative estimate of drug-likeness (QED) is 0.714. The predicted octanol–water partition coefficient (Wildman–Crippen LogP) is -0.656. The number of methoxy groups -OCH3 is 1. The molecule has 0 fully saturated rings. The lowest BCUT2D eigenvalue weighted by Gasteiger charge is -2.23. The first-order chi connectivity index (χ1) is 8.10. The highest BCUT2D eigenvalue weighted by Crippen LogP contribution is 2.03. The minimum atomic E-state index is -0.169. The van der Waals surface area contributed by atoms with Gasteiger partial charge in [-0.1, -0.05) is 5.21 Å². The molecule has 0 spiro atoms. The van der Waals surface area contributed by atoms with Crippen molar-refractivity contribution in [1.82, 2.24) is 19.9 Å². The highest BCUT2D eigenvalue weighted by Gasteiger charge is 2.20. The van der Waals surface area contributed by atoms with Crippen molar-refractivity contribution in [2.45, 2.75) is 19.5 Å². The Kier molecular flexibility index (Phi) is 5.05. The molecule has 1 aromatic rings. The Balaban J connectivity index is 2.67. The molecule has 7 heteroatoms. The molecular weight excluding hydrogens is 222 g/mol. The zero-order valence-corrected chi connectivity index (χ0v) is 10.5. The summed E-state index contributed by atoms with van der Waals surface area (Å²) < 4.78 is 6.56. The van der Waals surface area contributed by atoms with Crippen molar-refractivity contribution < 1.29 is 9.53 Å². The van der Waals surface area contributed by atoms with E-state index in [1.807, 2.05) is 6.92 Å². The number of nitrogens with zero attached hydrogens (tertiary/aromatic N) is 4. The van der Waals surface area contributed by atoms with Crippen LogP contribution in [0.2, 0.25) is 0 Å². The Bertz CT molecular complexity index is 365. The van der Waals surface area contributed by atoms with Crippen molar-refractivity contribution in [1.29, 1.82) is 0 Å². The van der Waals surface area contributed by atoms with Crippen LogP contribution in [-0.2, 0) is 11.3 Å². The fourth-order valence-electron chi connectivity index (χ4n) is 1.37. The second kappa shape index (κ2) is 6.31. The molecule has 0 aliphatic rings. The average molecular weight is 241 g/mol. The number of hydrogen-bond acceptors (Lipinski definition) is 5. The number of carbonyl (C=O) groups excluding carboxylic acids is 1. The number of hydrogen-bond donors (Lipinski definition) is 1. The van der Waals surface area contributed by atoms with Crippen molar-refractivity contribution in [3.63, 3.8) is 0 Å². The maximum atomic E-state index is 12.0. The lowest BCUT2D eigenvalue weighted by atomic mass is 10.3. The molecule has 1 amide bonds. The highest BCUT2D eigenvalue weighted by atomic mass is 16.5. The molecule has 1 atom stereocenters. The third-order valence-corrected chi connectivity index (χ3v) is 2.51. The molecule has 1 heterocycles. The van der Waals surface area contributed by atoms with Gasteiger partial charge in [0.05, 0.1) is 25.4 Å². The van der Waals surface area contributed by atoms with Crippen LogP contribution in [0, 0.1) is 0 Å². The SMILES string of the molecule is COCC(C)N(C)C(=O)c1cn(CCN)nn1. The van der Waals surface area contributed by atoms with E-state index in [1.165, 1.54) is 0 Å². The molecule has 0 saturated carbocycles. The minimum Gasteiger partial charge on any atom is -0.383 e. The van der Waals surface area contributed by atoms with Crippen LogP contribution < -0.4 is 5.73 Å². The number of aromatic nitrogens is 3. The third-order valence-electron chi connectivity index (χ3n) is 2.51. The van der Waals surface area contributed by atoms with E-state index in [-0.39, 0.29) is 11.9 Å². The van der Waals surface area contributed by atoms with Crippen molar-refractivity contribution >= 4 is 5.91 Å². The number of nitrogens with two attached hydrogens (primary N) is 1. The van der Waals surface area contributed by atoms with E-state index >= 15 is 0 Å². The van der Waals surface area contributed by atoms with Crippen molar-refractivity contribution in [2.75, 3.05) is 27.3 Å². The van der Waals surface area contributed by atoms with E-state index in [9.17, 15) is 4.79 Å². The fourth-order valence-corrected chi connectivity index (χ4v) is 1.37. The molecule has 96 valence electrons. The first-order valence-corrected chi connectivity index (χ1v) is 5.46. The van der Waals surface area contributed by atoms with Crippen molar-refractivity contribution in [3.8, 4) is 0 Å². The number of likely N-dealkylation sites (N-methyl/N-ethyl adjacent to an activating group) is 1. The van der Waals surface area contributed by atoms with Crippen LogP contribution in [0.4, 0.5) is 0 Å². The molecule has 2 N–H and O–H groups in total. The monoisotopic (exact) mass is 241 g/mol. The van der Waals surface area contributed by atoms with Crippen LogP contribution >= 0.6 is 0 Å². The maximum absolute atomic E-state index is 12.0. The van der Waals surface area contributed by atoms with Gasteiger partial charge in [0.2, 0.25) is 0 Å². The zero-order valence-electron chi connectivity index (χ0n) is 10.5. The summed E-state index contributed by atoms with van der Waals surface area (Å²) in [4.78, 5) is 13.6. The summed E-state index contributed by atoms with van der Waals surface area (Å²) in [6.45, 7) is 3.41. The molecule has 0 aromatic carbocycles. The maximum Gasteiger partial charge on any atom is 0.276 e. The Hall–Kier alpha value is -1.47. The molecule has 1 aromatic heterocycles. The molecule has 0 radical (unpaired) electrons. The molecule has 0 bridgehead atoms. The lowest BCUT2D eigenvalue weighted by Crippen LogP contribution is -2.38. The van der Waals surface area contributed by atoms with Crippen molar-refractivity contribution in [3.05, 3.63) is 11.9 Å². The van der Waals surface area contributed by atoms with E-state index in [2.05, 4.69) is 10.3 Å². The Morgan fingerprint density at radius 2 is 2.41 bits per heavy atom. The molecular formula is C10H19N5O2. The molecule has 0 aliphatic heterocycles. The van der Waals surface area contributed by atoms with Gasteiger partial charge in [-0.2, -0.15) is 0 Å². The molecule has 1 rings (SSSR count). The highest BCUT2D eigenvalue weighted by molar-refractivity contribution is 5.91. The van der Waals surface area contributed by atoms with E-state index in [0.29, 0.717) is 25.4 Å². The number of ether oxygens (including phenoxy) is 1. The summed E-state index contributed by atoms with van der Waals surface area (Å²) >= 11 is 0. The second-order valence-corrected chi connectivity index (χ2v) is 3.88. The summed E-state index contributed by atoms with van der Waals surface area (Å²) in [5.41, 5.74) is 5.72. The number of carbonyl (C=O) groups is 1. The fraction of sp³-hybridized carbons (Fsp3) is 0.700. The molecule has 0 saturated heterocycles. The van der Waals surface area contributed by atoms with Crippen LogP contribution in [0.25, 0.3) is 0 Å².